The Bertz CT molecular complexity index is 839. The fourth-order valence-electron chi connectivity index (χ4n) is 2.54. The highest BCUT2D eigenvalue weighted by Crippen LogP contribution is 2.32. The standard InChI is InChI=1S/C19H18F3N3/c1-14-7-8-17(19(20,21)22)9-18(14)23-10-16-11-24-25(13-16)12-15-5-3-2-4-6-15/h2-9,11,13,23H,10,12H2,1H3. The second-order valence-corrected chi connectivity index (χ2v) is 5.91. The van der Waals surface area contributed by atoms with Gasteiger partial charge >= 0.3 is 6.18 Å². The Morgan fingerprint density at radius 3 is 2.52 bits per heavy atom. The van der Waals surface area contributed by atoms with Crippen molar-refractivity contribution in [1.29, 1.82) is 0 Å². The molecule has 1 aromatic heterocycles. The van der Waals surface area contributed by atoms with Crippen LogP contribution in [0, 0.1) is 6.92 Å². The van der Waals surface area contributed by atoms with Gasteiger partial charge in [-0.15, -0.1) is 0 Å². The summed E-state index contributed by atoms with van der Waals surface area (Å²) in [5.74, 6) is 0. The van der Waals surface area contributed by atoms with Crippen LogP contribution in [0.25, 0.3) is 0 Å². The minimum absolute atomic E-state index is 0.414. The lowest BCUT2D eigenvalue weighted by Gasteiger charge is -2.12. The van der Waals surface area contributed by atoms with Crippen LogP contribution in [-0.2, 0) is 19.3 Å². The fraction of sp³-hybridized carbons (Fsp3) is 0.211. The Hall–Kier alpha value is -2.76. The maximum absolute atomic E-state index is 12.8. The van der Waals surface area contributed by atoms with Crippen LogP contribution in [0.2, 0.25) is 0 Å². The molecule has 0 aliphatic carbocycles. The molecule has 1 heterocycles. The lowest BCUT2D eigenvalue weighted by Crippen LogP contribution is -2.07. The Balaban J connectivity index is 1.66. The maximum atomic E-state index is 12.8. The summed E-state index contributed by atoms with van der Waals surface area (Å²) in [6, 6.07) is 13.7. The third-order valence-electron chi connectivity index (χ3n) is 3.92. The van der Waals surface area contributed by atoms with Crippen molar-refractivity contribution in [3.05, 3.63) is 83.2 Å². The molecule has 0 amide bonds. The molecule has 1 N–H and O–H groups in total. The van der Waals surface area contributed by atoms with Gasteiger partial charge in [0.2, 0.25) is 0 Å². The largest absolute Gasteiger partial charge is 0.416 e. The number of hydrogen-bond donors (Lipinski definition) is 1. The van der Waals surface area contributed by atoms with Crippen molar-refractivity contribution in [1.82, 2.24) is 9.78 Å². The number of nitrogens with zero attached hydrogens (tertiary/aromatic N) is 2. The molecule has 130 valence electrons. The second kappa shape index (κ2) is 7.01. The van der Waals surface area contributed by atoms with E-state index in [-0.39, 0.29) is 0 Å². The average Bonchev–Trinajstić information content (AvgIpc) is 3.01. The van der Waals surface area contributed by atoms with Crippen LogP contribution < -0.4 is 5.32 Å². The van der Waals surface area contributed by atoms with Gasteiger partial charge in [-0.05, 0) is 30.2 Å². The van der Waals surface area contributed by atoms with Crippen molar-refractivity contribution in [2.45, 2.75) is 26.2 Å². The molecule has 0 saturated heterocycles. The Morgan fingerprint density at radius 1 is 1.04 bits per heavy atom. The van der Waals surface area contributed by atoms with Gasteiger partial charge in [-0.2, -0.15) is 18.3 Å². The van der Waals surface area contributed by atoms with E-state index < -0.39 is 11.7 Å². The first-order valence-corrected chi connectivity index (χ1v) is 7.89. The van der Waals surface area contributed by atoms with Gasteiger partial charge < -0.3 is 5.32 Å². The van der Waals surface area contributed by atoms with Crippen molar-refractivity contribution in [3.63, 3.8) is 0 Å². The molecule has 0 bridgehead atoms. The second-order valence-electron chi connectivity index (χ2n) is 5.91. The van der Waals surface area contributed by atoms with Gasteiger partial charge in [0.05, 0.1) is 18.3 Å². The normalized spacial score (nSPS) is 11.5. The van der Waals surface area contributed by atoms with E-state index in [9.17, 15) is 13.2 Å². The molecule has 0 atom stereocenters. The zero-order valence-corrected chi connectivity index (χ0v) is 13.7. The van der Waals surface area contributed by atoms with Gasteiger partial charge in [-0.3, -0.25) is 4.68 Å². The molecular weight excluding hydrogens is 327 g/mol. The number of benzene rings is 2. The molecule has 0 spiro atoms. The number of aryl methyl sites for hydroxylation is 1. The molecule has 3 aromatic rings. The monoisotopic (exact) mass is 345 g/mol. The highest BCUT2D eigenvalue weighted by molar-refractivity contribution is 5.53. The zero-order chi connectivity index (χ0) is 17.9. The van der Waals surface area contributed by atoms with Crippen molar-refractivity contribution >= 4 is 5.69 Å². The molecule has 0 radical (unpaired) electrons. The van der Waals surface area contributed by atoms with Gasteiger partial charge in [0.1, 0.15) is 0 Å². The van der Waals surface area contributed by atoms with Gasteiger partial charge in [0.15, 0.2) is 0 Å². The molecule has 0 aliphatic heterocycles. The number of anilines is 1. The van der Waals surface area contributed by atoms with E-state index in [1.807, 2.05) is 41.2 Å². The lowest BCUT2D eigenvalue weighted by molar-refractivity contribution is -0.137. The number of nitrogens with one attached hydrogen (secondary N) is 1. The fourth-order valence-corrected chi connectivity index (χ4v) is 2.54. The van der Waals surface area contributed by atoms with Crippen molar-refractivity contribution < 1.29 is 13.2 Å². The van der Waals surface area contributed by atoms with E-state index in [2.05, 4.69) is 10.4 Å². The summed E-state index contributed by atoms with van der Waals surface area (Å²) in [7, 11) is 0. The van der Waals surface area contributed by atoms with E-state index in [4.69, 9.17) is 0 Å². The SMILES string of the molecule is Cc1ccc(C(F)(F)F)cc1NCc1cnn(Cc2ccccc2)c1. The number of halogens is 3. The maximum Gasteiger partial charge on any atom is 0.416 e. The zero-order valence-electron chi connectivity index (χ0n) is 13.7. The van der Waals surface area contributed by atoms with E-state index in [1.54, 1.807) is 13.1 Å². The molecular formula is C19H18F3N3. The van der Waals surface area contributed by atoms with Gasteiger partial charge in [0, 0.05) is 24.0 Å². The lowest BCUT2D eigenvalue weighted by atomic mass is 10.1. The smallest absolute Gasteiger partial charge is 0.381 e. The third kappa shape index (κ3) is 4.41. The predicted octanol–water partition coefficient (Wildman–Crippen LogP) is 4.87. The minimum atomic E-state index is -4.34. The number of rotatable bonds is 5. The quantitative estimate of drug-likeness (QED) is 0.715. The van der Waals surface area contributed by atoms with Gasteiger partial charge in [0.25, 0.3) is 0 Å². The average molecular weight is 345 g/mol. The van der Waals surface area contributed by atoms with Crippen molar-refractivity contribution in [3.8, 4) is 0 Å². The first kappa shape index (κ1) is 17.1. The van der Waals surface area contributed by atoms with Crippen LogP contribution in [0.15, 0.2) is 60.9 Å². The molecule has 6 heteroatoms. The van der Waals surface area contributed by atoms with Gasteiger partial charge in [-0.25, -0.2) is 0 Å². The summed E-state index contributed by atoms with van der Waals surface area (Å²) < 4.78 is 40.3. The highest BCUT2D eigenvalue weighted by atomic mass is 19.4. The Morgan fingerprint density at radius 2 is 1.80 bits per heavy atom. The van der Waals surface area contributed by atoms with Crippen LogP contribution in [0.5, 0.6) is 0 Å². The Kier molecular flexibility index (Phi) is 4.79. The number of aromatic nitrogens is 2. The van der Waals surface area contributed by atoms with Crippen LogP contribution in [0.3, 0.4) is 0 Å². The molecule has 2 aromatic carbocycles. The molecule has 0 unspecified atom stereocenters. The van der Waals surface area contributed by atoms with E-state index in [0.717, 1.165) is 28.8 Å². The van der Waals surface area contributed by atoms with Gasteiger partial charge in [-0.1, -0.05) is 36.4 Å². The number of alkyl halides is 3. The summed E-state index contributed by atoms with van der Waals surface area (Å²) in [4.78, 5) is 0. The summed E-state index contributed by atoms with van der Waals surface area (Å²) in [5, 5.41) is 7.37. The van der Waals surface area contributed by atoms with Crippen molar-refractivity contribution in [2.24, 2.45) is 0 Å². The summed E-state index contributed by atoms with van der Waals surface area (Å²) in [5.41, 5.74) is 2.64. The predicted molar refractivity (Wildman–Crippen MR) is 91.3 cm³/mol. The van der Waals surface area contributed by atoms with E-state index in [0.29, 0.717) is 18.8 Å². The minimum Gasteiger partial charge on any atom is -0.381 e. The molecule has 0 saturated carbocycles. The summed E-state index contributed by atoms with van der Waals surface area (Å²) >= 11 is 0. The number of hydrogen-bond acceptors (Lipinski definition) is 2. The van der Waals surface area contributed by atoms with Crippen molar-refractivity contribution in [2.75, 3.05) is 5.32 Å². The van der Waals surface area contributed by atoms with Crippen LogP contribution in [0.4, 0.5) is 18.9 Å². The molecule has 25 heavy (non-hydrogen) atoms. The van der Waals surface area contributed by atoms with E-state index >= 15 is 0 Å². The first-order chi connectivity index (χ1) is 11.9. The molecule has 0 aliphatic rings. The summed E-state index contributed by atoms with van der Waals surface area (Å²) in [6.07, 6.45) is -0.730. The van der Waals surface area contributed by atoms with Crippen LogP contribution in [0.1, 0.15) is 22.3 Å². The van der Waals surface area contributed by atoms with E-state index in [1.165, 1.54) is 6.07 Å². The first-order valence-electron chi connectivity index (χ1n) is 7.89. The molecule has 0 fully saturated rings. The molecule has 3 rings (SSSR count). The van der Waals surface area contributed by atoms with Crippen LogP contribution in [-0.4, -0.2) is 9.78 Å². The highest BCUT2D eigenvalue weighted by Gasteiger charge is 2.30. The molecule has 3 nitrogen and oxygen atoms in total. The third-order valence-corrected chi connectivity index (χ3v) is 3.92. The van der Waals surface area contributed by atoms with Crippen LogP contribution >= 0.6 is 0 Å². The Labute approximate surface area is 144 Å². The summed E-state index contributed by atoms with van der Waals surface area (Å²) in [6.45, 7) is 2.85. The topological polar surface area (TPSA) is 29.9 Å².